The number of pyridine rings is 1. The third kappa shape index (κ3) is 2.59. The fourth-order valence-corrected chi connectivity index (χ4v) is 2.98. The van der Waals surface area contributed by atoms with E-state index >= 15 is 0 Å². The highest BCUT2D eigenvalue weighted by molar-refractivity contribution is 5.58. The van der Waals surface area contributed by atoms with Crippen LogP contribution in [-0.2, 0) is 0 Å². The first kappa shape index (κ1) is 14.3. The quantitative estimate of drug-likeness (QED) is 0.641. The number of hydrogen-bond acceptors (Lipinski definition) is 5. The lowest BCUT2D eigenvalue weighted by Gasteiger charge is -2.18. The molecule has 1 atom stereocenters. The van der Waals surface area contributed by atoms with Gasteiger partial charge in [0.1, 0.15) is 5.75 Å². The smallest absolute Gasteiger partial charge is 0.311 e. The van der Waals surface area contributed by atoms with Crippen LogP contribution in [0.2, 0.25) is 0 Å². The van der Waals surface area contributed by atoms with Gasteiger partial charge in [0.15, 0.2) is 0 Å². The molecule has 1 saturated heterocycles. The number of nitro groups is 1. The van der Waals surface area contributed by atoms with Crippen LogP contribution in [0.15, 0.2) is 42.6 Å². The van der Waals surface area contributed by atoms with E-state index in [1.54, 1.807) is 19.4 Å². The summed E-state index contributed by atoms with van der Waals surface area (Å²) in [5, 5.41) is 11.1. The third-order valence-corrected chi connectivity index (χ3v) is 4.03. The zero-order chi connectivity index (χ0) is 15.5. The summed E-state index contributed by atoms with van der Waals surface area (Å²) in [4.78, 5) is 17.0. The highest BCUT2D eigenvalue weighted by atomic mass is 16.6. The number of methoxy groups -OCH3 is 1. The molecule has 0 radical (unpaired) electrons. The maximum atomic E-state index is 11.1. The molecule has 1 aliphatic heterocycles. The van der Waals surface area contributed by atoms with Gasteiger partial charge in [-0.05, 0) is 24.1 Å². The van der Waals surface area contributed by atoms with Crippen LogP contribution in [0.3, 0.4) is 0 Å². The largest absolute Gasteiger partial charge is 0.496 e. The molecule has 1 unspecified atom stereocenters. The van der Waals surface area contributed by atoms with Crippen molar-refractivity contribution >= 4 is 11.5 Å². The molecule has 0 N–H and O–H groups in total. The van der Waals surface area contributed by atoms with Crippen LogP contribution in [0, 0.1) is 10.1 Å². The number of hydrogen-bond donors (Lipinski definition) is 0. The fourth-order valence-electron chi connectivity index (χ4n) is 2.98. The standard InChI is InChI=1S/C16H17N3O3/c1-22-15-7-3-2-5-13(15)12-8-10-18(11-12)16-14(19(20)21)6-4-9-17-16/h2-7,9,12H,8,10-11H2,1H3. The van der Waals surface area contributed by atoms with Crippen molar-refractivity contribution in [3.63, 3.8) is 0 Å². The van der Waals surface area contributed by atoms with Crippen molar-refractivity contribution in [3.05, 3.63) is 58.3 Å². The molecular formula is C16H17N3O3. The van der Waals surface area contributed by atoms with Crippen LogP contribution in [-0.4, -0.2) is 30.1 Å². The van der Waals surface area contributed by atoms with E-state index in [0.29, 0.717) is 12.4 Å². The monoisotopic (exact) mass is 299 g/mol. The van der Waals surface area contributed by atoms with Crippen molar-refractivity contribution in [3.8, 4) is 5.75 Å². The zero-order valence-corrected chi connectivity index (χ0v) is 12.3. The van der Waals surface area contributed by atoms with E-state index in [1.165, 1.54) is 6.07 Å². The lowest BCUT2D eigenvalue weighted by atomic mass is 9.97. The van der Waals surface area contributed by atoms with Gasteiger partial charge >= 0.3 is 5.69 Å². The van der Waals surface area contributed by atoms with Gasteiger partial charge in [0.2, 0.25) is 5.82 Å². The number of aromatic nitrogens is 1. The first-order valence-corrected chi connectivity index (χ1v) is 7.18. The minimum atomic E-state index is -0.376. The molecule has 6 heteroatoms. The predicted molar refractivity (Wildman–Crippen MR) is 83.5 cm³/mol. The molecule has 6 nitrogen and oxygen atoms in total. The van der Waals surface area contributed by atoms with E-state index in [2.05, 4.69) is 11.1 Å². The summed E-state index contributed by atoms with van der Waals surface area (Å²) in [6.45, 7) is 1.46. The minimum absolute atomic E-state index is 0.0585. The Hall–Kier alpha value is -2.63. The number of anilines is 1. The molecule has 2 aromatic rings. The summed E-state index contributed by atoms with van der Waals surface area (Å²) in [6.07, 6.45) is 2.52. The molecule has 1 fully saturated rings. The Bertz CT molecular complexity index is 690. The maximum absolute atomic E-state index is 11.1. The second-order valence-electron chi connectivity index (χ2n) is 5.28. The Labute approximate surface area is 128 Å². The molecule has 0 spiro atoms. The number of para-hydroxylation sites is 1. The summed E-state index contributed by atoms with van der Waals surface area (Å²) >= 11 is 0. The molecule has 1 aliphatic rings. The molecule has 0 amide bonds. The number of benzene rings is 1. The number of ether oxygens (including phenoxy) is 1. The Kier molecular flexibility index (Phi) is 3.91. The first-order chi connectivity index (χ1) is 10.7. The van der Waals surface area contributed by atoms with E-state index in [1.807, 2.05) is 23.1 Å². The summed E-state index contributed by atoms with van der Waals surface area (Å²) in [6, 6.07) is 11.0. The third-order valence-electron chi connectivity index (χ3n) is 4.03. The average Bonchev–Trinajstić information content (AvgIpc) is 3.04. The normalized spacial score (nSPS) is 17.5. The van der Waals surface area contributed by atoms with Crippen LogP contribution in [0.5, 0.6) is 5.75 Å². The summed E-state index contributed by atoms with van der Waals surface area (Å²) < 4.78 is 5.42. The highest BCUT2D eigenvalue weighted by Crippen LogP contribution is 2.37. The van der Waals surface area contributed by atoms with Crippen LogP contribution >= 0.6 is 0 Å². The zero-order valence-electron chi connectivity index (χ0n) is 12.3. The lowest BCUT2D eigenvalue weighted by Crippen LogP contribution is -2.21. The molecular weight excluding hydrogens is 282 g/mol. The SMILES string of the molecule is COc1ccccc1C1CCN(c2ncccc2[N+](=O)[O-])C1. The molecule has 2 heterocycles. The van der Waals surface area contributed by atoms with Crippen molar-refractivity contribution in [2.45, 2.75) is 12.3 Å². The van der Waals surface area contributed by atoms with Gasteiger partial charge in [-0.25, -0.2) is 4.98 Å². The molecule has 0 saturated carbocycles. The Morgan fingerprint density at radius 1 is 1.32 bits per heavy atom. The number of nitrogens with zero attached hydrogens (tertiary/aromatic N) is 3. The Morgan fingerprint density at radius 3 is 2.91 bits per heavy atom. The van der Waals surface area contributed by atoms with Gasteiger partial charge in [0.25, 0.3) is 0 Å². The highest BCUT2D eigenvalue weighted by Gasteiger charge is 2.30. The predicted octanol–water partition coefficient (Wildman–Crippen LogP) is 2.99. The van der Waals surface area contributed by atoms with Crippen LogP contribution in [0.4, 0.5) is 11.5 Å². The van der Waals surface area contributed by atoms with Gasteiger partial charge in [-0.15, -0.1) is 0 Å². The van der Waals surface area contributed by atoms with E-state index in [-0.39, 0.29) is 16.5 Å². The second-order valence-corrected chi connectivity index (χ2v) is 5.28. The van der Waals surface area contributed by atoms with Crippen molar-refractivity contribution in [2.24, 2.45) is 0 Å². The van der Waals surface area contributed by atoms with Crippen molar-refractivity contribution in [1.29, 1.82) is 0 Å². The second kappa shape index (κ2) is 6.01. The van der Waals surface area contributed by atoms with E-state index < -0.39 is 0 Å². The van der Waals surface area contributed by atoms with Gasteiger partial charge in [-0.2, -0.15) is 0 Å². The van der Waals surface area contributed by atoms with Gasteiger partial charge < -0.3 is 9.64 Å². The van der Waals surface area contributed by atoms with Crippen molar-refractivity contribution in [2.75, 3.05) is 25.1 Å². The molecule has 1 aromatic carbocycles. The fraction of sp³-hybridized carbons (Fsp3) is 0.312. The topological polar surface area (TPSA) is 68.5 Å². The van der Waals surface area contributed by atoms with Gasteiger partial charge in [-0.3, -0.25) is 10.1 Å². The molecule has 0 aliphatic carbocycles. The average molecular weight is 299 g/mol. The van der Waals surface area contributed by atoms with Crippen LogP contribution in [0.25, 0.3) is 0 Å². The van der Waals surface area contributed by atoms with Crippen molar-refractivity contribution in [1.82, 2.24) is 4.98 Å². The van der Waals surface area contributed by atoms with Crippen molar-refractivity contribution < 1.29 is 9.66 Å². The van der Waals surface area contributed by atoms with E-state index in [4.69, 9.17) is 4.74 Å². The lowest BCUT2D eigenvalue weighted by molar-refractivity contribution is -0.384. The molecule has 0 bridgehead atoms. The first-order valence-electron chi connectivity index (χ1n) is 7.18. The van der Waals surface area contributed by atoms with Gasteiger partial charge in [-0.1, -0.05) is 18.2 Å². The van der Waals surface area contributed by atoms with Crippen LogP contribution in [0.1, 0.15) is 17.9 Å². The van der Waals surface area contributed by atoms with E-state index in [9.17, 15) is 10.1 Å². The van der Waals surface area contributed by atoms with Gasteiger partial charge in [0.05, 0.1) is 12.0 Å². The molecule has 1 aromatic heterocycles. The van der Waals surface area contributed by atoms with E-state index in [0.717, 1.165) is 24.3 Å². The van der Waals surface area contributed by atoms with Gasteiger partial charge in [0, 0.05) is 31.3 Å². The summed E-state index contributed by atoms with van der Waals surface area (Å²) in [5.74, 6) is 1.60. The summed E-state index contributed by atoms with van der Waals surface area (Å²) in [5.41, 5.74) is 1.20. The molecule has 114 valence electrons. The molecule has 22 heavy (non-hydrogen) atoms. The summed E-state index contributed by atoms with van der Waals surface area (Å²) in [7, 11) is 1.66. The molecule has 3 rings (SSSR count). The number of rotatable bonds is 4. The minimum Gasteiger partial charge on any atom is -0.496 e. The maximum Gasteiger partial charge on any atom is 0.311 e. The van der Waals surface area contributed by atoms with Crippen LogP contribution < -0.4 is 9.64 Å². The Balaban J connectivity index is 1.85. The Morgan fingerprint density at radius 2 is 2.14 bits per heavy atom.